The highest BCUT2D eigenvalue weighted by atomic mass is 28.4. The van der Waals surface area contributed by atoms with E-state index in [-0.39, 0.29) is 5.56 Å². The van der Waals surface area contributed by atoms with Gasteiger partial charge in [0.15, 0.2) is 20.0 Å². The zero-order valence-corrected chi connectivity index (χ0v) is 16.4. The lowest BCUT2D eigenvalue weighted by molar-refractivity contribution is -0.252. The summed E-state index contributed by atoms with van der Waals surface area (Å²) in [4.78, 5) is 25.5. The summed E-state index contributed by atoms with van der Waals surface area (Å²) in [6.45, 7) is 6.80. The van der Waals surface area contributed by atoms with Crippen LogP contribution >= 0.6 is 0 Å². The molecule has 0 N–H and O–H groups in total. The Kier molecular flexibility index (Phi) is 5.68. The topological polar surface area (TPSA) is 46.6 Å². The molecule has 2 amide bonds. The number of hydrogen-bond acceptors (Lipinski definition) is 3. The van der Waals surface area contributed by atoms with Gasteiger partial charge in [0.1, 0.15) is 0 Å². The lowest BCUT2D eigenvalue weighted by atomic mass is 9.82. The zero-order chi connectivity index (χ0) is 19.8. The Balaban J connectivity index is 2.41. The molecule has 0 unspecified atom stereocenters. The maximum atomic E-state index is 13.8. The van der Waals surface area contributed by atoms with Gasteiger partial charge in [-0.2, -0.15) is 13.2 Å². The molecule has 0 saturated carbocycles. The molecule has 1 aliphatic rings. The summed E-state index contributed by atoms with van der Waals surface area (Å²) in [5.41, 5.74) is -2.00. The third-order valence-electron chi connectivity index (χ3n) is 5.33. The van der Waals surface area contributed by atoms with E-state index in [0.717, 1.165) is 0 Å². The average Bonchev–Trinajstić information content (AvgIpc) is 2.62. The number of halogens is 3. The number of rotatable bonds is 6. The van der Waals surface area contributed by atoms with E-state index in [1.807, 2.05) is 20.8 Å². The molecule has 1 saturated heterocycles. The highest BCUT2D eigenvalue weighted by Crippen LogP contribution is 2.47. The quantitative estimate of drug-likeness (QED) is 0.413. The molecular weight excluding hydrogens is 363 g/mol. The third kappa shape index (κ3) is 3.32. The molecule has 1 aliphatic heterocycles. The SMILES string of the molecule is CC[Si](CC)(CC)O[C@@]1(C)C(=O)N(C(=O)c2ccccc2)[C@H]1C(F)(F)F. The third-order valence-corrected chi connectivity index (χ3v) is 10.1. The molecule has 2 rings (SSSR count). The van der Waals surface area contributed by atoms with Gasteiger partial charge >= 0.3 is 6.18 Å². The van der Waals surface area contributed by atoms with Crippen LogP contribution in [0, 0.1) is 0 Å². The largest absolute Gasteiger partial charge is 0.412 e. The van der Waals surface area contributed by atoms with E-state index in [4.69, 9.17) is 4.43 Å². The predicted octanol–water partition coefficient (Wildman–Crippen LogP) is 4.38. The van der Waals surface area contributed by atoms with Crippen LogP contribution in [-0.2, 0) is 9.22 Å². The Morgan fingerprint density at radius 3 is 2.08 bits per heavy atom. The Morgan fingerprint density at radius 2 is 1.65 bits per heavy atom. The maximum absolute atomic E-state index is 13.8. The minimum atomic E-state index is -4.76. The Labute approximate surface area is 152 Å². The molecule has 1 aromatic rings. The summed E-state index contributed by atoms with van der Waals surface area (Å²) in [5, 5.41) is 0. The molecule has 0 radical (unpaired) electrons. The van der Waals surface area contributed by atoms with Crippen molar-refractivity contribution in [3.63, 3.8) is 0 Å². The smallest absolute Gasteiger partial charge is 0.401 e. The van der Waals surface area contributed by atoms with E-state index < -0.39 is 38.0 Å². The average molecular weight is 387 g/mol. The van der Waals surface area contributed by atoms with Crippen molar-refractivity contribution in [2.24, 2.45) is 0 Å². The van der Waals surface area contributed by atoms with Crippen LogP contribution in [0.4, 0.5) is 13.2 Å². The van der Waals surface area contributed by atoms with Crippen LogP contribution in [0.2, 0.25) is 18.1 Å². The molecule has 26 heavy (non-hydrogen) atoms. The van der Waals surface area contributed by atoms with E-state index in [1.54, 1.807) is 18.2 Å². The van der Waals surface area contributed by atoms with Crippen molar-refractivity contribution in [3.8, 4) is 0 Å². The second-order valence-electron chi connectivity index (χ2n) is 6.74. The number of amides is 2. The molecule has 1 fully saturated rings. The van der Waals surface area contributed by atoms with E-state index in [9.17, 15) is 22.8 Å². The number of imide groups is 1. The first-order chi connectivity index (χ1) is 12.1. The van der Waals surface area contributed by atoms with Crippen LogP contribution in [0.5, 0.6) is 0 Å². The normalized spacial score (nSPS) is 23.7. The first-order valence-electron chi connectivity index (χ1n) is 8.76. The first-order valence-corrected chi connectivity index (χ1v) is 11.3. The molecule has 0 aliphatic carbocycles. The van der Waals surface area contributed by atoms with E-state index >= 15 is 0 Å². The lowest BCUT2D eigenvalue weighted by Crippen LogP contribution is -2.80. The van der Waals surface area contributed by atoms with Crippen LogP contribution in [0.25, 0.3) is 0 Å². The van der Waals surface area contributed by atoms with Gasteiger partial charge in [0, 0.05) is 5.56 Å². The van der Waals surface area contributed by atoms with Crippen molar-refractivity contribution in [2.45, 2.75) is 63.6 Å². The van der Waals surface area contributed by atoms with Crippen molar-refractivity contribution < 1.29 is 27.2 Å². The highest BCUT2D eigenvalue weighted by molar-refractivity contribution is 6.73. The van der Waals surface area contributed by atoms with Gasteiger partial charge in [-0.1, -0.05) is 39.0 Å². The van der Waals surface area contributed by atoms with E-state index in [1.165, 1.54) is 19.1 Å². The van der Waals surface area contributed by atoms with E-state index in [2.05, 4.69) is 0 Å². The maximum Gasteiger partial charge on any atom is 0.412 e. The van der Waals surface area contributed by atoms with Crippen molar-refractivity contribution >= 4 is 20.1 Å². The molecule has 1 heterocycles. The molecule has 0 bridgehead atoms. The monoisotopic (exact) mass is 387 g/mol. The van der Waals surface area contributed by atoms with Gasteiger partial charge in [-0.15, -0.1) is 0 Å². The Morgan fingerprint density at radius 1 is 1.15 bits per heavy atom. The van der Waals surface area contributed by atoms with Crippen LogP contribution in [-0.4, -0.2) is 42.9 Å². The van der Waals surface area contributed by atoms with Crippen molar-refractivity contribution in [1.82, 2.24) is 4.90 Å². The number of carbonyl (C=O) groups excluding carboxylic acids is 2. The standard InChI is InChI=1S/C18H24F3NO3Si/c1-5-26(6-2,7-3)25-17(4)15(18(19,20)21)22(16(17)24)14(23)13-11-9-8-10-12-13/h8-12,15H,5-7H2,1-4H3/t15-,17-/m1/s1. The Hall–Kier alpha value is -1.67. The van der Waals surface area contributed by atoms with E-state index in [0.29, 0.717) is 23.0 Å². The summed E-state index contributed by atoms with van der Waals surface area (Å²) >= 11 is 0. The van der Waals surface area contributed by atoms with Gasteiger partial charge in [0.25, 0.3) is 11.8 Å². The molecule has 8 heteroatoms. The number of hydrogen-bond donors (Lipinski definition) is 0. The predicted molar refractivity (Wildman–Crippen MR) is 94.1 cm³/mol. The molecule has 4 nitrogen and oxygen atoms in total. The zero-order valence-electron chi connectivity index (χ0n) is 15.4. The van der Waals surface area contributed by atoms with Crippen molar-refractivity contribution in [2.75, 3.05) is 0 Å². The van der Waals surface area contributed by atoms with Crippen LogP contribution in [0.3, 0.4) is 0 Å². The molecule has 0 aromatic heterocycles. The minimum absolute atomic E-state index is 0.0436. The summed E-state index contributed by atoms with van der Waals surface area (Å²) < 4.78 is 47.3. The van der Waals surface area contributed by atoms with Crippen molar-refractivity contribution in [1.29, 1.82) is 0 Å². The number of likely N-dealkylation sites (tertiary alicyclic amines) is 1. The van der Waals surface area contributed by atoms with Gasteiger partial charge in [-0.05, 0) is 37.2 Å². The molecular formula is C18H24F3NO3Si. The fraction of sp³-hybridized carbons (Fsp3) is 0.556. The molecule has 2 atom stereocenters. The second-order valence-corrected chi connectivity index (χ2v) is 11.4. The van der Waals surface area contributed by atoms with Crippen LogP contribution in [0.1, 0.15) is 38.1 Å². The van der Waals surface area contributed by atoms with Crippen LogP contribution < -0.4 is 0 Å². The number of alkyl halides is 3. The van der Waals surface area contributed by atoms with Gasteiger partial charge < -0.3 is 4.43 Å². The lowest BCUT2D eigenvalue weighted by Gasteiger charge is -2.55. The summed E-state index contributed by atoms with van der Waals surface area (Å²) in [5.74, 6) is -1.86. The number of benzene rings is 1. The Bertz CT molecular complexity index is 668. The van der Waals surface area contributed by atoms with Crippen LogP contribution in [0.15, 0.2) is 30.3 Å². The molecule has 1 aromatic carbocycles. The first kappa shape index (κ1) is 20.6. The molecule has 144 valence electrons. The summed E-state index contributed by atoms with van der Waals surface area (Å²) in [6.07, 6.45) is -4.76. The number of nitrogens with zero attached hydrogens (tertiary/aromatic N) is 1. The van der Waals surface area contributed by atoms with Gasteiger partial charge in [0.05, 0.1) is 0 Å². The number of carbonyl (C=O) groups is 2. The summed E-state index contributed by atoms with van der Waals surface area (Å²) in [7, 11) is -2.49. The van der Waals surface area contributed by atoms with Gasteiger partial charge in [-0.25, -0.2) is 0 Å². The van der Waals surface area contributed by atoms with Gasteiger partial charge in [-0.3, -0.25) is 14.5 Å². The minimum Gasteiger partial charge on any atom is -0.401 e. The fourth-order valence-electron chi connectivity index (χ4n) is 3.56. The molecule has 0 spiro atoms. The van der Waals surface area contributed by atoms with Gasteiger partial charge in [0.2, 0.25) is 0 Å². The summed E-state index contributed by atoms with van der Waals surface area (Å²) in [6, 6.07) is 7.07. The van der Waals surface area contributed by atoms with Crippen molar-refractivity contribution in [3.05, 3.63) is 35.9 Å². The second kappa shape index (κ2) is 7.15. The highest BCUT2D eigenvalue weighted by Gasteiger charge is 2.72. The fourth-order valence-corrected chi connectivity index (χ4v) is 6.59. The number of β-lactam (4-membered cyclic amide) rings is 1.